The van der Waals surface area contributed by atoms with Crippen LogP contribution in [0.25, 0.3) is 0 Å². The molecule has 0 rings (SSSR count). The molecule has 0 aliphatic heterocycles. The van der Waals surface area contributed by atoms with Gasteiger partial charge in [0, 0.05) is 10.4 Å². The second-order valence-electron chi connectivity index (χ2n) is 5.49. The summed E-state index contributed by atoms with van der Waals surface area (Å²) >= 11 is 0. The molecule has 128 valence electrons. The minimum Gasteiger partial charge on any atom is -0.759 e. The van der Waals surface area contributed by atoms with Gasteiger partial charge in [0.1, 0.15) is 0 Å². The summed E-state index contributed by atoms with van der Waals surface area (Å²) in [6.45, 7) is 8.73. The maximum Gasteiger partial charge on any atom is 1.00 e. The first-order valence-electron chi connectivity index (χ1n) is 8.14. The Morgan fingerprint density at radius 2 is 1.00 bits per heavy atom. The molecule has 0 amide bonds. The van der Waals surface area contributed by atoms with E-state index in [1.165, 1.54) is 82.6 Å². The van der Waals surface area contributed by atoms with E-state index in [0.29, 0.717) is 0 Å². The van der Waals surface area contributed by atoms with E-state index in [4.69, 9.17) is 17.5 Å². The van der Waals surface area contributed by atoms with E-state index in [-0.39, 0.29) is 59.1 Å². The molecule has 0 spiro atoms. The molecule has 0 saturated carbocycles. The molecule has 0 atom stereocenters. The Balaban J connectivity index is -0.000000225. The summed E-state index contributed by atoms with van der Waals surface area (Å²) in [7, 11) is -5.17. The van der Waals surface area contributed by atoms with Crippen LogP contribution < -0.4 is 59.1 Å². The van der Waals surface area contributed by atoms with Gasteiger partial charge in [0.2, 0.25) is 0 Å². The molecule has 0 N–H and O–H groups in total. The molecule has 0 aromatic heterocycles. The normalized spacial score (nSPS) is 9.91. The maximum absolute atomic E-state index is 8.52. The van der Waals surface area contributed by atoms with Crippen molar-refractivity contribution in [3.05, 3.63) is 12.2 Å². The van der Waals surface area contributed by atoms with Crippen LogP contribution in [0.1, 0.15) is 90.9 Å². The van der Waals surface area contributed by atoms with E-state index < -0.39 is 10.4 Å². The molecule has 7 heteroatoms. The fourth-order valence-electron chi connectivity index (χ4n) is 2.08. The second kappa shape index (κ2) is 23.6. The molecule has 0 bridgehead atoms. The van der Waals surface area contributed by atoms with Gasteiger partial charge >= 0.3 is 59.1 Å². The first-order chi connectivity index (χ1) is 9.81. The Hall–Kier alpha value is 1.61. The van der Waals surface area contributed by atoms with Crippen LogP contribution >= 0.6 is 0 Å². The second-order valence-corrected chi connectivity index (χ2v) is 6.30. The zero-order valence-electron chi connectivity index (χ0n) is 15.7. The zero-order chi connectivity index (χ0) is 16.6. The SMILES string of the molecule is C=C(CCCCCC)CCCCCCCC.O=S(=O)([O-])[O-].[Na+].[Na+]. The van der Waals surface area contributed by atoms with Crippen LogP contribution in [0.3, 0.4) is 0 Å². The molecule has 23 heavy (non-hydrogen) atoms. The van der Waals surface area contributed by atoms with Gasteiger partial charge in [0.15, 0.2) is 0 Å². The number of hydrogen-bond acceptors (Lipinski definition) is 4. The maximum atomic E-state index is 8.52. The van der Waals surface area contributed by atoms with Gasteiger partial charge in [0.25, 0.3) is 0 Å². The molecule has 0 aliphatic carbocycles. The van der Waals surface area contributed by atoms with Crippen LogP contribution in [0, 0.1) is 0 Å². The van der Waals surface area contributed by atoms with Crippen LogP contribution in [0.2, 0.25) is 0 Å². The fourth-order valence-corrected chi connectivity index (χ4v) is 2.08. The third kappa shape index (κ3) is 45.2. The van der Waals surface area contributed by atoms with Gasteiger partial charge in [-0.3, -0.25) is 8.42 Å². The summed E-state index contributed by atoms with van der Waals surface area (Å²) in [5.41, 5.74) is 1.49. The summed E-state index contributed by atoms with van der Waals surface area (Å²) in [4.78, 5) is 0. The zero-order valence-corrected chi connectivity index (χ0v) is 20.6. The van der Waals surface area contributed by atoms with Crippen molar-refractivity contribution in [1.29, 1.82) is 0 Å². The van der Waals surface area contributed by atoms with E-state index >= 15 is 0 Å². The molecule has 0 aromatic carbocycles. The van der Waals surface area contributed by atoms with Crippen molar-refractivity contribution in [3.8, 4) is 0 Å². The Morgan fingerprint density at radius 1 is 0.739 bits per heavy atom. The van der Waals surface area contributed by atoms with Crippen LogP contribution in [0.4, 0.5) is 0 Å². The predicted molar refractivity (Wildman–Crippen MR) is 86.4 cm³/mol. The van der Waals surface area contributed by atoms with Crippen molar-refractivity contribution in [1.82, 2.24) is 0 Å². The Morgan fingerprint density at radius 3 is 1.35 bits per heavy atom. The summed E-state index contributed by atoms with van der Waals surface area (Å²) < 4.78 is 34.1. The van der Waals surface area contributed by atoms with Crippen LogP contribution in [-0.4, -0.2) is 17.5 Å². The van der Waals surface area contributed by atoms with E-state index in [1.54, 1.807) is 0 Å². The summed E-state index contributed by atoms with van der Waals surface area (Å²) in [5, 5.41) is 0. The van der Waals surface area contributed by atoms with Gasteiger partial charge in [-0.15, -0.1) is 0 Å². The number of unbranched alkanes of at least 4 members (excludes halogenated alkanes) is 8. The minimum atomic E-state index is -5.17. The molecule has 0 saturated heterocycles. The van der Waals surface area contributed by atoms with E-state index in [2.05, 4.69) is 20.4 Å². The molecule has 0 heterocycles. The smallest absolute Gasteiger partial charge is 0.759 e. The predicted octanol–water partition coefficient (Wildman–Crippen LogP) is -1.07. The fraction of sp³-hybridized carbons (Fsp3) is 0.875. The minimum absolute atomic E-state index is 0. The van der Waals surface area contributed by atoms with Crippen LogP contribution in [-0.2, 0) is 10.4 Å². The Bertz CT molecular complexity index is 325. The largest absolute Gasteiger partial charge is 1.00 e. The molecular weight excluding hydrogens is 334 g/mol. The molecule has 0 radical (unpaired) electrons. The molecule has 0 unspecified atom stereocenters. The van der Waals surface area contributed by atoms with Crippen molar-refractivity contribution in [2.24, 2.45) is 0 Å². The first-order valence-corrected chi connectivity index (χ1v) is 9.47. The average Bonchev–Trinajstić information content (AvgIpc) is 2.37. The number of allylic oxidation sites excluding steroid dienone is 1. The standard InChI is InChI=1S/C16H32.2Na.H2O4S/c1-4-6-8-10-11-13-15-16(3)14-12-9-7-5-2;;;1-5(2,3)4/h3-15H2,1-2H3;;;(H2,1,2,3,4)/q;2*+1;/p-2. The third-order valence-electron chi connectivity index (χ3n) is 3.27. The van der Waals surface area contributed by atoms with Crippen molar-refractivity contribution in [2.45, 2.75) is 90.9 Å². The topological polar surface area (TPSA) is 80.3 Å². The first kappa shape index (κ1) is 32.3. The number of rotatable bonds is 12. The monoisotopic (exact) mass is 366 g/mol. The van der Waals surface area contributed by atoms with Gasteiger partial charge in [-0.05, 0) is 25.7 Å². The van der Waals surface area contributed by atoms with Gasteiger partial charge in [0.05, 0.1) is 0 Å². The van der Waals surface area contributed by atoms with Crippen LogP contribution in [0.5, 0.6) is 0 Å². The quantitative estimate of drug-likeness (QED) is 0.145. The molecule has 0 aliphatic rings. The van der Waals surface area contributed by atoms with E-state index in [9.17, 15) is 0 Å². The average molecular weight is 366 g/mol. The Labute approximate surface area is 188 Å². The molecule has 0 fully saturated rings. The van der Waals surface area contributed by atoms with Gasteiger partial charge in [-0.1, -0.05) is 77.4 Å². The molecule has 0 aromatic rings. The van der Waals surface area contributed by atoms with Crippen LogP contribution in [0.15, 0.2) is 12.2 Å². The van der Waals surface area contributed by atoms with Crippen molar-refractivity contribution >= 4 is 10.4 Å². The summed E-state index contributed by atoms with van der Waals surface area (Å²) in [6, 6.07) is 0. The van der Waals surface area contributed by atoms with Gasteiger partial charge in [-0.25, -0.2) is 0 Å². The molecule has 4 nitrogen and oxygen atoms in total. The van der Waals surface area contributed by atoms with Crippen molar-refractivity contribution in [3.63, 3.8) is 0 Å². The van der Waals surface area contributed by atoms with Crippen molar-refractivity contribution < 1.29 is 76.6 Å². The number of hydrogen-bond donors (Lipinski definition) is 0. The third-order valence-corrected chi connectivity index (χ3v) is 3.27. The summed E-state index contributed by atoms with van der Waals surface area (Å²) in [6.07, 6.45) is 16.4. The Kier molecular flexibility index (Phi) is 33.2. The van der Waals surface area contributed by atoms with Crippen molar-refractivity contribution in [2.75, 3.05) is 0 Å². The van der Waals surface area contributed by atoms with Gasteiger partial charge in [-0.2, -0.15) is 0 Å². The molecular formula is C16H32Na2O4S. The van der Waals surface area contributed by atoms with E-state index in [1.807, 2.05) is 0 Å². The van der Waals surface area contributed by atoms with Gasteiger partial charge < -0.3 is 9.11 Å². The van der Waals surface area contributed by atoms with E-state index in [0.717, 1.165) is 0 Å². The summed E-state index contributed by atoms with van der Waals surface area (Å²) in [5.74, 6) is 0.